The van der Waals surface area contributed by atoms with Crippen LogP contribution in [0.2, 0.25) is 0 Å². The van der Waals surface area contributed by atoms with Crippen LogP contribution in [-0.4, -0.2) is 37.2 Å². The lowest BCUT2D eigenvalue weighted by Gasteiger charge is -2.18. The number of carbonyl (C=O) groups excluding carboxylic acids is 3. The fourth-order valence-corrected chi connectivity index (χ4v) is 6.45. The molecule has 0 spiro atoms. The Morgan fingerprint density at radius 3 is 1.10 bits per heavy atom. The normalized spacial score (nSPS) is 12.8. The lowest BCUT2D eigenvalue weighted by Crippen LogP contribution is -2.30. The monoisotopic (exact) mass is 835 g/mol. The van der Waals surface area contributed by atoms with E-state index >= 15 is 0 Å². The van der Waals surface area contributed by atoms with Crippen molar-refractivity contribution in [1.29, 1.82) is 0 Å². The molecular formula is C54H90O6. The van der Waals surface area contributed by atoms with E-state index in [0.717, 1.165) is 128 Å². The van der Waals surface area contributed by atoms with E-state index in [9.17, 15) is 14.4 Å². The molecule has 0 aliphatic rings. The van der Waals surface area contributed by atoms with E-state index in [2.05, 4.69) is 106 Å². The maximum absolute atomic E-state index is 12.7. The fourth-order valence-electron chi connectivity index (χ4n) is 6.45. The number of esters is 3. The number of carbonyl (C=O) groups is 3. The molecule has 0 heterocycles. The molecule has 0 saturated heterocycles. The van der Waals surface area contributed by atoms with Gasteiger partial charge in [0.25, 0.3) is 0 Å². The van der Waals surface area contributed by atoms with Gasteiger partial charge in [-0.05, 0) is 89.9 Å². The number of hydrogen-bond acceptors (Lipinski definition) is 6. The molecule has 342 valence electrons. The Balaban J connectivity index is 4.31. The van der Waals surface area contributed by atoms with Crippen molar-refractivity contribution in [3.8, 4) is 0 Å². The average Bonchev–Trinajstić information content (AvgIpc) is 3.24. The lowest BCUT2D eigenvalue weighted by molar-refractivity contribution is -0.167. The summed E-state index contributed by atoms with van der Waals surface area (Å²) in [6, 6.07) is 0. The molecule has 0 N–H and O–H groups in total. The summed E-state index contributed by atoms with van der Waals surface area (Å²) in [4.78, 5) is 37.7. The van der Waals surface area contributed by atoms with Crippen molar-refractivity contribution < 1.29 is 28.6 Å². The fraction of sp³-hybridized carbons (Fsp3) is 0.685. The number of rotatable bonds is 43. The molecule has 0 saturated carbocycles. The van der Waals surface area contributed by atoms with Gasteiger partial charge in [0.15, 0.2) is 6.10 Å². The van der Waals surface area contributed by atoms with Crippen LogP contribution in [0.1, 0.15) is 220 Å². The van der Waals surface area contributed by atoms with Crippen molar-refractivity contribution in [3.05, 3.63) is 85.1 Å². The lowest BCUT2D eigenvalue weighted by atomic mass is 10.1. The van der Waals surface area contributed by atoms with Crippen molar-refractivity contribution >= 4 is 17.9 Å². The molecule has 0 radical (unpaired) electrons. The van der Waals surface area contributed by atoms with Crippen LogP contribution in [0, 0.1) is 0 Å². The number of hydrogen-bond donors (Lipinski definition) is 0. The third-order valence-electron chi connectivity index (χ3n) is 10.1. The van der Waals surface area contributed by atoms with Crippen molar-refractivity contribution in [1.82, 2.24) is 0 Å². The highest BCUT2D eigenvalue weighted by Crippen LogP contribution is 2.13. The highest BCUT2D eigenvalue weighted by molar-refractivity contribution is 5.71. The van der Waals surface area contributed by atoms with Gasteiger partial charge in [0.1, 0.15) is 13.2 Å². The average molecular weight is 835 g/mol. The minimum atomic E-state index is -0.787. The highest BCUT2D eigenvalue weighted by Gasteiger charge is 2.19. The smallest absolute Gasteiger partial charge is 0.306 e. The van der Waals surface area contributed by atoms with Gasteiger partial charge < -0.3 is 14.2 Å². The van der Waals surface area contributed by atoms with E-state index < -0.39 is 6.10 Å². The molecule has 1 unspecified atom stereocenters. The summed E-state index contributed by atoms with van der Waals surface area (Å²) < 4.78 is 16.7. The zero-order valence-electron chi connectivity index (χ0n) is 38.9. The first-order valence-corrected chi connectivity index (χ1v) is 24.6. The third kappa shape index (κ3) is 45.7. The van der Waals surface area contributed by atoms with Gasteiger partial charge in [-0.2, -0.15) is 0 Å². The molecule has 0 aliphatic carbocycles. The Morgan fingerprint density at radius 1 is 0.350 bits per heavy atom. The van der Waals surface area contributed by atoms with Crippen LogP contribution in [0.25, 0.3) is 0 Å². The van der Waals surface area contributed by atoms with E-state index in [1.165, 1.54) is 51.4 Å². The molecule has 0 aromatic rings. The van der Waals surface area contributed by atoms with Gasteiger partial charge in [-0.15, -0.1) is 0 Å². The van der Waals surface area contributed by atoms with Gasteiger partial charge in [-0.3, -0.25) is 14.4 Å². The molecule has 0 aromatic heterocycles. The molecule has 0 fully saturated rings. The molecule has 0 rings (SSSR count). The van der Waals surface area contributed by atoms with E-state index in [0.29, 0.717) is 19.3 Å². The maximum Gasteiger partial charge on any atom is 0.306 e. The minimum absolute atomic E-state index is 0.0879. The van der Waals surface area contributed by atoms with Crippen molar-refractivity contribution in [2.75, 3.05) is 13.2 Å². The van der Waals surface area contributed by atoms with Gasteiger partial charge in [-0.1, -0.05) is 196 Å². The van der Waals surface area contributed by atoms with Crippen LogP contribution in [0.3, 0.4) is 0 Å². The first kappa shape index (κ1) is 56.6. The minimum Gasteiger partial charge on any atom is -0.462 e. The molecular weight excluding hydrogens is 745 g/mol. The second kappa shape index (κ2) is 48.3. The zero-order valence-corrected chi connectivity index (χ0v) is 38.9. The van der Waals surface area contributed by atoms with E-state index in [-0.39, 0.29) is 31.1 Å². The standard InChI is InChI=1S/C54H90O6/c1-4-7-10-13-16-19-21-22-23-24-25-26-27-28-29-30-31-32-33-36-38-41-44-47-53(56)59-50-51(49-58-52(55)46-43-40-37-34-18-15-12-9-6-3)60-54(57)48-45-42-39-35-20-17-14-11-8-5-2/h7,10-11,14,16,19,22-23,25-26,28-29,31-32,51H,4-6,8-9,12-13,15,17-18,20-21,24,27,30,33-50H2,1-3H3/b10-7-,14-11-,19-16-,23-22-,26-25-,29-28-,32-31-. The molecule has 0 aliphatic heterocycles. The van der Waals surface area contributed by atoms with Crippen molar-refractivity contribution in [3.63, 3.8) is 0 Å². The van der Waals surface area contributed by atoms with E-state index in [1.807, 2.05) is 0 Å². The first-order valence-electron chi connectivity index (χ1n) is 24.6. The number of allylic oxidation sites excluding steroid dienone is 14. The van der Waals surface area contributed by atoms with Gasteiger partial charge in [0.2, 0.25) is 0 Å². The summed E-state index contributed by atoms with van der Waals surface area (Å²) in [5.74, 6) is -0.933. The Bertz CT molecular complexity index is 1190. The van der Waals surface area contributed by atoms with Crippen molar-refractivity contribution in [2.45, 2.75) is 226 Å². The van der Waals surface area contributed by atoms with Gasteiger partial charge in [0, 0.05) is 19.3 Å². The number of ether oxygens (including phenoxy) is 3. The van der Waals surface area contributed by atoms with Crippen LogP contribution in [0.5, 0.6) is 0 Å². The van der Waals surface area contributed by atoms with Gasteiger partial charge in [0.05, 0.1) is 0 Å². The summed E-state index contributed by atoms with van der Waals surface area (Å²) in [6.45, 7) is 6.40. The zero-order chi connectivity index (χ0) is 43.7. The van der Waals surface area contributed by atoms with E-state index in [1.54, 1.807) is 0 Å². The quantitative estimate of drug-likeness (QED) is 0.0263. The Labute approximate surface area is 369 Å². The second-order valence-corrected chi connectivity index (χ2v) is 16.0. The SMILES string of the molecule is CC/C=C\C/C=C\C/C=C\C/C=C\C/C=C\C/C=C\CCCCCCC(=O)OCC(COC(=O)CCCCCCCCCCC)OC(=O)CCCCCCC/C=C\CCC. The first-order chi connectivity index (χ1) is 29.5. The van der Waals surface area contributed by atoms with Gasteiger partial charge in [-0.25, -0.2) is 0 Å². The van der Waals surface area contributed by atoms with Crippen LogP contribution >= 0.6 is 0 Å². The van der Waals surface area contributed by atoms with Crippen molar-refractivity contribution in [2.24, 2.45) is 0 Å². The summed E-state index contributed by atoms with van der Waals surface area (Å²) in [7, 11) is 0. The maximum atomic E-state index is 12.7. The summed E-state index contributed by atoms with van der Waals surface area (Å²) in [5.41, 5.74) is 0. The highest BCUT2D eigenvalue weighted by atomic mass is 16.6. The summed E-state index contributed by atoms with van der Waals surface area (Å²) >= 11 is 0. The molecule has 0 aromatic carbocycles. The topological polar surface area (TPSA) is 78.9 Å². The molecule has 1 atom stereocenters. The predicted octanol–water partition coefficient (Wildman–Crippen LogP) is 16.0. The van der Waals surface area contributed by atoms with E-state index in [4.69, 9.17) is 14.2 Å². The Hall–Kier alpha value is -3.41. The van der Waals surface area contributed by atoms with Crippen LogP contribution in [-0.2, 0) is 28.6 Å². The summed E-state index contributed by atoms with van der Waals surface area (Å²) in [6.07, 6.45) is 61.5. The summed E-state index contributed by atoms with van der Waals surface area (Å²) in [5, 5.41) is 0. The van der Waals surface area contributed by atoms with Crippen LogP contribution < -0.4 is 0 Å². The third-order valence-corrected chi connectivity index (χ3v) is 10.1. The van der Waals surface area contributed by atoms with Crippen LogP contribution in [0.4, 0.5) is 0 Å². The Kier molecular flexibility index (Phi) is 45.5. The Morgan fingerprint density at radius 2 is 0.683 bits per heavy atom. The number of unbranched alkanes of at least 4 members (excludes halogenated alkanes) is 18. The molecule has 60 heavy (non-hydrogen) atoms. The molecule has 6 nitrogen and oxygen atoms in total. The largest absolute Gasteiger partial charge is 0.462 e. The molecule has 0 bridgehead atoms. The van der Waals surface area contributed by atoms with Crippen LogP contribution in [0.15, 0.2) is 85.1 Å². The predicted molar refractivity (Wildman–Crippen MR) is 256 cm³/mol. The molecule has 6 heteroatoms. The van der Waals surface area contributed by atoms with Gasteiger partial charge >= 0.3 is 17.9 Å². The second-order valence-electron chi connectivity index (χ2n) is 16.0. The molecule has 0 amide bonds.